The van der Waals surface area contributed by atoms with Crippen LogP contribution in [-0.4, -0.2) is 32.3 Å². The summed E-state index contributed by atoms with van der Waals surface area (Å²) in [6.07, 6.45) is 0.514. The second kappa shape index (κ2) is 9.72. The lowest BCUT2D eigenvalue weighted by Crippen LogP contribution is -2.42. The molecule has 33 heavy (non-hydrogen) atoms. The highest BCUT2D eigenvalue weighted by atomic mass is 32.2. The molecule has 0 bridgehead atoms. The molecule has 3 aromatic carbocycles. The molecule has 0 saturated heterocycles. The Kier molecular flexibility index (Phi) is 6.76. The van der Waals surface area contributed by atoms with E-state index in [0.29, 0.717) is 18.7 Å². The van der Waals surface area contributed by atoms with Crippen molar-refractivity contribution in [3.63, 3.8) is 0 Å². The highest BCUT2D eigenvalue weighted by Crippen LogP contribution is 2.36. The number of benzene rings is 3. The van der Waals surface area contributed by atoms with Gasteiger partial charge >= 0.3 is 0 Å². The highest BCUT2D eigenvalue weighted by Gasteiger charge is 2.37. The van der Waals surface area contributed by atoms with E-state index in [9.17, 15) is 17.6 Å². The van der Waals surface area contributed by atoms with Gasteiger partial charge in [0.2, 0.25) is 15.9 Å². The first-order valence-corrected chi connectivity index (χ1v) is 12.1. The van der Waals surface area contributed by atoms with Gasteiger partial charge in [0.15, 0.2) is 0 Å². The fraction of sp³-hybridized carbons (Fsp3) is 0.240. The summed E-state index contributed by atoms with van der Waals surface area (Å²) in [5, 5.41) is 2.88. The molecule has 1 heterocycles. The van der Waals surface area contributed by atoms with Gasteiger partial charge in [-0.2, -0.15) is 4.31 Å². The molecule has 1 N–H and O–H groups in total. The number of carbonyl (C=O) groups excluding carboxylic acids is 1. The van der Waals surface area contributed by atoms with Gasteiger partial charge in [0.05, 0.1) is 18.0 Å². The number of nitrogens with one attached hydrogen (secondary N) is 1. The minimum atomic E-state index is -3.92. The van der Waals surface area contributed by atoms with Crippen LogP contribution in [0.1, 0.15) is 29.2 Å². The van der Waals surface area contributed by atoms with E-state index in [0.717, 1.165) is 28.8 Å². The summed E-state index contributed by atoms with van der Waals surface area (Å²) in [5.41, 5.74) is 2.71. The first kappa shape index (κ1) is 22.9. The third-order valence-electron chi connectivity index (χ3n) is 5.79. The first-order valence-electron chi connectivity index (χ1n) is 10.6. The number of amides is 1. The second-order valence-electron chi connectivity index (χ2n) is 7.87. The van der Waals surface area contributed by atoms with E-state index in [1.54, 1.807) is 7.11 Å². The molecule has 6 nitrogen and oxygen atoms in total. The number of ether oxygens (including phenoxy) is 1. The van der Waals surface area contributed by atoms with Crippen LogP contribution in [0.2, 0.25) is 0 Å². The lowest BCUT2D eigenvalue weighted by Gasteiger charge is -2.36. The van der Waals surface area contributed by atoms with Crippen molar-refractivity contribution in [3.8, 4) is 5.75 Å². The SMILES string of the molecule is COc1cccc(CNC(=O)C[C@H]2c3ccccc3CCN2S(=O)(=O)c2ccc(F)cc2)c1. The summed E-state index contributed by atoms with van der Waals surface area (Å²) >= 11 is 0. The van der Waals surface area contributed by atoms with Crippen LogP contribution in [0.25, 0.3) is 0 Å². The number of hydrogen-bond acceptors (Lipinski definition) is 4. The Labute approximate surface area is 193 Å². The zero-order valence-electron chi connectivity index (χ0n) is 18.2. The molecule has 0 aromatic heterocycles. The third kappa shape index (κ3) is 5.07. The molecule has 0 unspecified atom stereocenters. The quantitative estimate of drug-likeness (QED) is 0.572. The Balaban J connectivity index is 1.57. The lowest BCUT2D eigenvalue weighted by atomic mass is 9.92. The summed E-state index contributed by atoms with van der Waals surface area (Å²) < 4.78 is 46.8. The van der Waals surface area contributed by atoms with E-state index in [1.807, 2.05) is 48.5 Å². The van der Waals surface area contributed by atoms with Crippen molar-refractivity contribution >= 4 is 15.9 Å². The van der Waals surface area contributed by atoms with Crippen molar-refractivity contribution in [3.05, 3.63) is 95.3 Å². The van der Waals surface area contributed by atoms with Gasteiger partial charge in [-0.25, -0.2) is 12.8 Å². The zero-order chi connectivity index (χ0) is 23.4. The summed E-state index contributed by atoms with van der Waals surface area (Å²) in [6, 6.07) is 19.0. The van der Waals surface area contributed by atoms with Gasteiger partial charge in [-0.3, -0.25) is 4.79 Å². The molecular weight excluding hydrogens is 443 g/mol. The van der Waals surface area contributed by atoms with Crippen molar-refractivity contribution < 1.29 is 22.3 Å². The van der Waals surface area contributed by atoms with E-state index >= 15 is 0 Å². The molecule has 1 aliphatic rings. The third-order valence-corrected chi connectivity index (χ3v) is 7.71. The summed E-state index contributed by atoms with van der Waals surface area (Å²) in [4.78, 5) is 12.9. The standard InChI is InChI=1S/C25H25FN2O4S/c1-32-21-7-4-5-18(15-21)17-27-25(29)16-24-23-8-3-2-6-19(23)13-14-28(24)33(30,31)22-11-9-20(26)10-12-22/h2-12,15,24H,13-14,16-17H2,1H3,(H,27,29)/t24-/m0/s1. The second-order valence-corrected chi connectivity index (χ2v) is 9.76. The van der Waals surface area contributed by atoms with Crippen molar-refractivity contribution in [1.29, 1.82) is 0 Å². The first-order chi connectivity index (χ1) is 15.9. The average molecular weight is 469 g/mol. The largest absolute Gasteiger partial charge is 0.497 e. The highest BCUT2D eigenvalue weighted by molar-refractivity contribution is 7.89. The van der Waals surface area contributed by atoms with Crippen LogP contribution < -0.4 is 10.1 Å². The van der Waals surface area contributed by atoms with Crippen LogP contribution in [-0.2, 0) is 27.8 Å². The maximum atomic E-state index is 13.4. The van der Waals surface area contributed by atoms with Crippen LogP contribution >= 0.6 is 0 Å². The van der Waals surface area contributed by atoms with Crippen molar-refractivity contribution in [2.75, 3.05) is 13.7 Å². The molecule has 0 saturated carbocycles. The Bertz CT molecular complexity index is 1250. The average Bonchev–Trinajstić information content (AvgIpc) is 2.83. The van der Waals surface area contributed by atoms with Gasteiger partial charge in [-0.15, -0.1) is 0 Å². The molecule has 3 aromatic rings. The van der Waals surface area contributed by atoms with E-state index in [4.69, 9.17) is 4.74 Å². The van der Waals surface area contributed by atoms with E-state index in [2.05, 4.69) is 5.32 Å². The number of nitrogens with zero attached hydrogens (tertiary/aromatic N) is 1. The van der Waals surface area contributed by atoms with Crippen molar-refractivity contribution in [2.45, 2.75) is 30.3 Å². The predicted molar refractivity (Wildman–Crippen MR) is 123 cm³/mol. The number of rotatable bonds is 7. The van der Waals surface area contributed by atoms with Gasteiger partial charge in [0.25, 0.3) is 0 Å². The molecular formula is C25H25FN2O4S. The van der Waals surface area contributed by atoms with Crippen LogP contribution in [0, 0.1) is 5.82 Å². The number of hydrogen-bond donors (Lipinski definition) is 1. The predicted octanol–water partition coefficient (Wildman–Crippen LogP) is 3.83. The summed E-state index contributed by atoms with van der Waals surface area (Å²) in [6.45, 7) is 0.541. The molecule has 0 spiro atoms. The van der Waals surface area contributed by atoms with Crippen LogP contribution in [0.15, 0.2) is 77.7 Å². The Hall–Kier alpha value is -3.23. The molecule has 1 atom stereocenters. The fourth-order valence-electron chi connectivity index (χ4n) is 4.10. The van der Waals surface area contributed by atoms with Gasteiger partial charge < -0.3 is 10.1 Å². The van der Waals surface area contributed by atoms with Crippen LogP contribution in [0.4, 0.5) is 4.39 Å². The topological polar surface area (TPSA) is 75.7 Å². The Morgan fingerprint density at radius 1 is 1.09 bits per heavy atom. The number of fused-ring (bicyclic) bond motifs is 1. The molecule has 8 heteroatoms. The monoisotopic (exact) mass is 468 g/mol. The molecule has 4 rings (SSSR count). The number of methoxy groups -OCH3 is 1. The van der Waals surface area contributed by atoms with Crippen molar-refractivity contribution in [2.24, 2.45) is 0 Å². The Morgan fingerprint density at radius 3 is 2.61 bits per heavy atom. The van der Waals surface area contributed by atoms with E-state index < -0.39 is 21.9 Å². The molecule has 0 radical (unpaired) electrons. The van der Waals surface area contributed by atoms with Gasteiger partial charge in [0.1, 0.15) is 11.6 Å². The molecule has 0 aliphatic carbocycles. The maximum absolute atomic E-state index is 13.4. The molecule has 172 valence electrons. The van der Waals surface area contributed by atoms with Crippen molar-refractivity contribution in [1.82, 2.24) is 9.62 Å². The van der Waals surface area contributed by atoms with Gasteiger partial charge in [-0.1, -0.05) is 36.4 Å². The lowest BCUT2D eigenvalue weighted by molar-refractivity contribution is -0.122. The molecule has 1 aliphatic heterocycles. The number of sulfonamides is 1. The van der Waals surface area contributed by atoms with Gasteiger partial charge in [-0.05, 0) is 59.5 Å². The van der Waals surface area contributed by atoms with E-state index in [-0.39, 0.29) is 23.8 Å². The summed E-state index contributed by atoms with van der Waals surface area (Å²) in [7, 11) is -2.34. The summed E-state index contributed by atoms with van der Waals surface area (Å²) in [5.74, 6) is -0.0789. The molecule has 1 amide bonds. The smallest absolute Gasteiger partial charge is 0.243 e. The minimum Gasteiger partial charge on any atom is -0.497 e. The van der Waals surface area contributed by atoms with Gasteiger partial charge in [0, 0.05) is 19.5 Å². The van der Waals surface area contributed by atoms with Crippen LogP contribution in [0.3, 0.4) is 0 Å². The zero-order valence-corrected chi connectivity index (χ0v) is 19.0. The normalized spacial score (nSPS) is 16.1. The Morgan fingerprint density at radius 2 is 1.85 bits per heavy atom. The minimum absolute atomic E-state index is 0.00469. The van der Waals surface area contributed by atoms with E-state index in [1.165, 1.54) is 16.4 Å². The molecule has 0 fully saturated rings. The fourth-order valence-corrected chi connectivity index (χ4v) is 5.71. The van der Waals surface area contributed by atoms with Crippen LogP contribution in [0.5, 0.6) is 5.75 Å². The maximum Gasteiger partial charge on any atom is 0.243 e. The number of carbonyl (C=O) groups is 1. The number of halogens is 1.